The monoisotopic (exact) mass is 370 g/mol. The van der Waals surface area contributed by atoms with Crippen molar-refractivity contribution in [1.29, 1.82) is 0 Å². The third kappa shape index (κ3) is 3.66. The number of ether oxygens (including phenoxy) is 1. The zero-order chi connectivity index (χ0) is 17.9. The summed E-state index contributed by atoms with van der Waals surface area (Å²) < 4.78 is 6.19. The van der Waals surface area contributed by atoms with E-state index in [0.717, 1.165) is 31.3 Å². The van der Waals surface area contributed by atoms with Crippen molar-refractivity contribution < 1.29 is 9.84 Å². The highest BCUT2D eigenvalue weighted by Crippen LogP contribution is 2.32. The van der Waals surface area contributed by atoms with E-state index in [4.69, 9.17) is 16.3 Å². The molecule has 6 nitrogen and oxygen atoms in total. The number of benzene rings is 2. The van der Waals surface area contributed by atoms with Crippen LogP contribution >= 0.6 is 11.6 Å². The fraction of sp³-hybridized carbons (Fsp3) is 0.263. The van der Waals surface area contributed by atoms with Crippen molar-refractivity contribution >= 4 is 34.1 Å². The average Bonchev–Trinajstić information content (AvgIpc) is 2.65. The van der Waals surface area contributed by atoms with Gasteiger partial charge in [-0.15, -0.1) is 0 Å². The molecule has 0 unspecified atom stereocenters. The van der Waals surface area contributed by atoms with Gasteiger partial charge in [0.15, 0.2) is 0 Å². The molecule has 0 amide bonds. The number of hydrogen-bond acceptors (Lipinski definition) is 6. The molecule has 0 radical (unpaired) electrons. The Hall–Kier alpha value is -2.57. The van der Waals surface area contributed by atoms with Crippen LogP contribution in [0.4, 0.5) is 11.6 Å². The SMILES string of the molecule is Oc1cccc(Nc2ncc3c(Cl)ccc(OC4CCNCC4)c3n2)c1. The van der Waals surface area contributed by atoms with Gasteiger partial charge in [-0.05, 0) is 50.2 Å². The quantitative estimate of drug-likeness (QED) is 0.647. The van der Waals surface area contributed by atoms with Crippen LogP contribution in [0.1, 0.15) is 12.8 Å². The van der Waals surface area contributed by atoms with Crippen molar-refractivity contribution in [2.75, 3.05) is 18.4 Å². The van der Waals surface area contributed by atoms with Crippen LogP contribution in [-0.4, -0.2) is 34.3 Å². The first-order valence-corrected chi connectivity index (χ1v) is 8.95. The van der Waals surface area contributed by atoms with E-state index >= 15 is 0 Å². The fourth-order valence-electron chi connectivity index (χ4n) is 3.02. The van der Waals surface area contributed by atoms with E-state index in [9.17, 15) is 5.11 Å². The number of anilines is 2. The summed E-state index contributed by atoms with van der Waals surface area (Å²) in [5.41, 5.74) is 1.38. The number of phenolic OH excluding ortho intramolecular Hbond substituents is 1. The molecule has 2 heterocycles. The Labute approximate surface area is 156 Å². The second-order valence-corrected chi connectivity index (χ2v) is 6.65. The Balaban J connectivity index is 1.67. The van der Waals surface area contributed by atoms with Crippen LogP contribution in [0.3, 0.4) is 0 Å². The van der Waals surface area contributed by atoms with E-state index in [1.165, 1.54) is 0 Å². The fourth-order valence-corrected chi connectivity index (χ4v) is 3.22. The lowest BCUT2D eigenvalue weighted by Gasteiger charge is -2.24. The first kappa shape index (κ1) is 16.9. The van der Waals surface area contributed by atoms with Gasteiger partial charge < -0.3 is 20.5 Å². The number of phenols is 1. The standard InChI is InChI=1S/C19H19ClN4O2/c20-16-4-5-17(26-14-6-8-21-9-7-14)18-15(16)11-22-19(24-18)23-12-2-1-3-13(25)10-12/h1-5,10-11,14,21,25H,6-9H2,(H,22,23,24). The summed E-state index contributed by atoms with van der Waals surface area (Å²) in [5.74, 6) is 1.30. The normalized spacial score (nSPS) is 15.1. The molecule has 0 atom stereocenters. The molecule has 0 bridgehead atoms. The van der Waals surface area contributed by atoms with Gasteiger partial charge in [-0.3, -0.25) is 0 Å². The molecule has 134 valence electrons. The maximum Gasteiger partial charge on any atom is 0.227 e. The van der Waals surface area contributed by atoms with Crippen LogP contribution in [0.15, 0.2) is 42.6 Å². The number of aromatic nitrogens is 2. The molecular formula is C19H19ClN4O2. The van der Waals surface area contributed by atoms with Crippen LogP contribution in [-0.2, 0) is 0 Å². The molecule has 1 aromatic heterocycles. The van der Waals surface area contributed by atoms with Gasteiger partial charge in [0, 0.05) is 23.3 Å². The predicted molar refractivity (Wildman–Crippen MR) is 102 cm³/mol. The number of fused-ring (bicyclic) bond motifs is 1. The van der Waals surface area contributed by atoms with E-state index in [2.05, 4.69) is 20.6 Å². The third-order valence-electron chi connectivity index (χ3n) is 4.34. The maximum atomic E-state index is 9.60. The zero-order valence-corrected chi connectivity index (χ0v) is 14.8. The van der Waals surface area contributed by atoms with E-state index < -0.39 is 0 Å². The minimum atomic E-state index is 0.165. The molecule has 26 heavy (non-hydrogen) atoms. The number of piperidine rings is 1. The molecule has 1 saturated heterocycles. The average molecular weight is 371 g/mol. The van der Waals surface area contributed by atoms with Crippen LogP contribution in [0, 0.1) is 0 Å². The Morgan fingerprint density at radius 1 is 1.19 bits per heavy atom. The third-order valence-corrected chi connectivity index (χ3v) is 4.67. The molecule has 0 spiro atoms. The summed E-state index contributed by atoms with van der Waals surface area (Å²) in [6.45, 7) is 1.91. The number of halogens is 1. The number of rotatable bonds is 4. The van der Waals surface area contributed by atoms with Gasteiger partial charge in [0.05, 0.1) is 5.02 Å². The zero-order valence-electron chi connectivity index (χ0n) is 14.1. The van der Waals surface area contributed by atoms with Gasteiger partial charge in [-0.2, -0.15) is 0 Å². The van der Waals surface area contributed by atoms with Crippen molar-refractivity contribution in [2.24, 2.45) is 0 Å². The van der Waals surface area contributed by atoms with Gasteiger partial charge in [-0.1, -0.05) is 17.7 Å². The number of hydrogen-bond donors (Lipinski definition) is 3. The van der Waals surface area contributed by atoms with E-state index in [1.807, 2.05) is 18.2 Å². The van der Waals surface area contributed by atoms with E-state index in [-0.39, 0.29) is 11.9 Å². The molecule has 4 rings (SSSR count). The second-order valence-electron chi connectivity index (χ2n) is 6.24. The van der Waals surface area contributed by atoms with Crippen molar-refractivity contribution in [3.8, 4) is 11.5 Å². The molecule has 2 aromatic carbocycles. The first-order chi connectivity index (χ1) is 12.7. The lowest BCUT2D eigenvalue weighted by molar-refractivity contribution is 0.164. The largest absolute Gasteiger partial charge is 0.508 e. The van der Waals surface area contributed by atoms with Crippen LogP contribution in [0.25, 0.3) is 10.9 Å². The lowest BCUT2D eigenvalue weighted by atomic mass is 10.1. The maximum absolute atomic E-state index is 9.60. The molecule has 3 N–H and O–H groups in total. The van der Waals surface area contributed by atoms with E-state index in [0.29, 0.717) is 27.9 Å². The van der Waals surface area contributed by atoms with E-state index in [1.54, 1.807) is 24.4 Å². The van der Waals surface area contributed by atoms with Crippen LogP contribution in [0.2, 0.25) is 5.02 Å². The molecule has 7 heteroatoms. The van der Waals surface area contributed by atoms with Crippen molar-refractivity contribution in [1.82, 2.24) is 15.3 Å². The second kappa shape index (κ2) is 7.35. The van der Waals surface area contributed by atoms with Crippen LogP contribution < -0.4 is 15.4 Å². The number of nitrogens with zero attached hydrogens (tertiary/aromatic N) is 2. The topological polar surface area (TPSA) is 79.3 Å². The minimum Gasteiger partial charge on any atom is -0.508 e. The highest BCUT2D eigenvalue weighted by Gasteiger charge is 2.17. The van der Waals surface area contributed by atoms with Gasteiger partial charge in [0.1, 0.15) is 23.1 Å². The molecule has 0 aliphatic carbocycles. The Kier molecular flexibility index (Phi) is 4.77. The van der Waals surface area contributed by atoms with Crippen molar-refractivity contribution in [3.63, 3.8) is 0 Å². The van der Waals surface area contributed by atoms with Gasteiger partial charge in [0.25, 0.3) is 0 Å². The molecule has 1 aliphatic rings. The summed E-state index contributed by atoms with van der Waals surface area (Å²) in [7, 11) is 0. The molecule has 3 aromatic rings. The highest BCUT2D eigenvalue weighted by molar-refractivity contribution is 6.35. The summed E-state index contributed by atoms with van der Waals surface area (Å²) in [6.07, 6.45) is 3.77. The minimum absolute atomic E-state index is 0.165. The molecule has 0 saturated carbocycles. The summed E-state index contributed by atoms with van der Waals surface area (Å²) in [6, 6.07) is 10.5. The highest BCUT2D eigenvalue weighted by atomic mass is 35.5. The Morgan fingerprint density at radius 2 is 2.04 bits per heavy atom. The molecule has 1 aliphatic heterocycles. The number of nitrogens with one attached hydrogen (secondary N) is 2. The summed E-state index contributed by atoms with van der Waals surface area (Å²) in [5, 5.41) is 17.4. The van der Waals surface area contributed by atoms with Gasteiger partial charge in [-0.25, -0.2) is 9.97 Å². The Bertz CT molecular complexity index is 929. The number of aromatic hydroxyl groups is 1. The smallest absolute Gasteiger partial charge is 0.227 e. The van der Waals surface area contributed by atoms with Gasteiger partial charge >= 0.3 is 0 Å². The van der Waals surface area contributed by atoms with Crippen LogP contribution in [0.5, 0.6) is 11.5 Å². The summed E-state index contributed by atoms with van der Waals surface area (Å²) in [4.78, 5) is 8.92. The summed E-state index contributed by atoms with van der Waals surface area (Å²) >= 11 is 6.31. The predicted octanol–water partition coefficient (Wildman–Crippen LogP) is 3.86. The Morgan fingerprint density at radius 3 is 2.85 bits per heavy atom. The van der Waals surface area contributed by atoms with Crippen molar-refractivity contribution in [3.05, 3.63) is 47.6 Å². The lowest BCUT2D eigenvalue weighted by Crippen LogP contribution is -2.34. The first-order valence-electron chi connectivity index (χ1n) is 8.58. The molecular weight excluding hydrogens is 352 g/mol. The molecule has 1 fully saturated rings. The van der Waals surface area contributed by atoms with Gasteiger partial charge in [0.2, 0.25) is 5.95 Å². The van der Waals surface area contributed by atoms with Crippen molar-refractivity contribution in [2.45, 2.75) is 18.9 Å².